The topological polar surface area (TPSA) is 190 Å². The van der Waals surface area contributed by atoms with Crippen LogP contribution in [0, 0.1) is 15.5 Å². The van der Waals surface area contributed by atoms with Crippen LogP contribution in [0.4, 0.5) is 17.1 Å². The minimum Gasteiger partial charge on any atom is -0.459 e. The number of alkyl halides is 1. The molecule has 1 unspecified atom stereocenters. The fourth-order valence-electron chi connectivity index (χ4n) is 3.47. The average molecular weight is 748 g/mol. The molecule has 0 saturated carbocycles. The number of halogens is 2. The number of benzene rings is 2. The van der Waals surface area contributed by atoms with Gasteiger partial charge in [-0.2, -0.15) is 0 Å². The van der Waals surface area contributed by atoms with Gasteiger partial charge in [-0.3, -0.25) is 29.9 Å². The van der Waals surface area contributed by atoms with Crippen molar-refractivity contribution in [2.75, 3.05) is 22.1 Å². The van der Waals surface area contributed by atoms with Crippen molar-refractivity contribution in [3.63, 3.8) is 0 Å². The van der Waals surface area contributed by atoms with Crippen LogP contribution in [0.2, 0.25) is 0 Å². The quantitative estimate of drug-likeness (QED) is 0.0730. The number of guanidine groups is 1. The molecule has 0 fully saturated rings. The smallest absolute Gasteiger partial charge is 0.326 e. The molecule has 0 aliphatic carbocycles. The van der Waals surface area contributed by atoms with Gasteiger partial charge in [0.1, 0.15) is 23.1 Å². The van der Waals surface area contributed by atoms with Crippen molar-refractivity contribution in [1.82, 2.24) is 5.32 Å². The first kappa shape index (κ1) is 37.7. The van der Waals surface area contributed by atoms with Crippen LogP contribution in [-0.4, -0.2) is 57.3 Å². The molecule has 2 aromatic rings. The zero-order valence-electron chi connectivity index (χ0n) is 24.6. The van der Waals surface area contributed by atoms with E-state index in [0.29, 0.717) is 21.8 Å². The molecule has 43 heavy (non-hydrogen) atoms. The molecular formula is C27H36Br2N6O7S. The van der Waals surface area contributed by atoms with Crippen LogP contribution in [0.3, 0.4) is 0 Å². The Hall–Kier alpha value is -3.37. The summed E-state index contributed by atoms with van der Waals surface area (Å²) in [7, 11) is 0. The van der Waals surface area contributed by atoms with E-state index < -0.39 is 27.9 Å². The number of carbonyl (C=O) groups excluding carboxylic acids is 3. The Morgan fingerprint density at radius 2 is 1.60 bits per heavy atom. The van der Waals surface area contributed by atoms with Crippen LogP contribution in [-0.2, 0) is 19.1 Å². The van der Waals surface area contributed by atoms with Crippen LogP contribution < -0.4 is 21.3 Å². The largest absolute Gasteiger partial charge is 0.459 e. The Bertz CT molecular complexity index is 1330. The second kappa shape index (κ2) is 15.9. The number of ether oxygens (including phenoxy) is 2. The number of carbonyl (C=O) groups is 3. The minimum atomic E-state index is -0.684. The van der Waals surface area contributed by atoms with Gasteiger partial charge in [-0.1, -0.05) is 27.7 Å². The molecule has 1 atom stereocenters. The molecule has 0 bridgehead atoms. The number of nitrogens with one attached hydrogen (secondary N) is 3. The third kappa shape index (κ3) is 12.8. The molecule has 16 heteroatoms. The Morgan fingerprint density at radius 1 is 1.05 bits per heavy atom. The van der Waals surface area contributed by atoms with Crippen LogP contribution >= 0.6 is 44.7 Å². The first-order valence-electron chi connectivity index (χ1n) is 12.6. The summed E-state index contributed by atoms with van der Waals surface area (Å²) in [5, 5.41) is 24.2. The molecule has 236 valence electrons. The second-order valence-electron chi connectivity index (χ2n) is 10.9. The number of rotatable bonds is 7. The van der Waals surface area contributed by atoms with Gasteiger partial charge in [0.05, 0.1) is 10.6 Å². The highest BCUT2D eigenvalue weighted by Crippen LogP contribution is 2.44. The molecular weight excluding hydrogens is 712 g/mol. The van der Waals surface area contributed by atoms with Crippen LogP contribution in [0.25, 0.3) is 0 Å². The number of hydrogen-bond donors (Lipinski definition) is 4. The van der Waals surface area contributed by atoms with Crippen LogP contribution in [0.5, 0.6) is 0 Å². The lowest BCUT2D eigenvalue weighted by molar-refractivity contribution is -0.385. The molecule has 1 aliphatic rings. The van der Waals surface area contributed by atoms with Gasteiger partial charge < -0.3 is 30.7 Å². The van der Waals surface area contributed by atoms with Gasteiger partial charge >= 0.3 is 11.9 Å². The third-order valence-electron chi connectivity index (χ3n) is 4.91. The van der Waals surface area contributed by atoms with E-state index in [1.807, 2.05) is 20.8 Å². The van der Waals surface area contributed by atoms with Crippen molar-refractivity contribution >= 4 is 85.5 Å². The van der Waals surface area contributed by atoms with Gasteiger partial charge in [0.25, 0.3) is 11.6 Å². The number of nitro benzene ring substituents is 1. The highest BCUT2D eigenvalue weighted by Gasteiger charge is 2.35. The molecule has 3 rings (SSSR count). The number of nitrogens with zero attached hydrogens (tertiary/aromatic N) is 2. The lowest BCUT2D eigenvalue weighted by Crippen LogP contribution is -2.47. The molecule has 1 aliphatic heterocycles. The third-order valence-corrected chi connectivity index (χ3v) is 6.55. The van der Waals surface area contributed by atoms with Crippen molar-refractivity contribution in [3.8, 4) is 0 Å². The number of fused-ring (bicyclic) bond motifs is 1. The van der Waals surface area contributed by atoms with E-state index in [9.17, 15) is 24.5 Å². The lowest BCUT2D eigenvalue weighted by atomic mass is 10.2. The van der Waals surface area contributed by atoms with Gasteiger partial charge in [0.15, 0.2) is 11.5 Å². The zero-order valence-corrected chi connectivity index (χ0v) is 28.7. The number of nitro groups is 1. The van der Waals surface area contributed by atoms with Crippen LogP contribution in [0.15, 0.2) is 47.4 Å². The first-order chi connectivity index (χ1) is 19.4. The number of anilines is 2. The average Bonchev–Trinajstić information content (AvgIpc) is 3.18. The van der Waals surface area contributed by atoms with Crippen molar-refractivity contribution < 1.29 is 28.8 Å². The van der Waals surface area contributed by atoms with E-state index in [2.05, 4.69) is 26.6 Å². The molecule has 0 saturated heterocycles. The van der Waals surface area contributed by atoms with Gasteiger partial charge in [0.2, 0.25) is 0 Å². The predicted molar refractivity (Wildman–Crippen MR) is 175 cm³/mol. The number of non-ortho nitro benzene ring substituents is 1. The second-order valence-corrected chi connectivity index (χ2v) is 12.6. The summed E-state index contributed by atoms with van der Waals surface area (Å²) in [5.41, 5.74) is 4.99. The fourth-order valence-corrected chi connectivity index (χ4v) is 4.80. The summed E-state index contributed by atoms with van der Waals surface area (Å²) in [4.78, 5) is 48.8. The standard InChI is InChI=1S/C21H24N6O5S.C6H11BrO2.BrH/c1-21(2,3)32-17(28)11-26-15-9-8-14(27(30)31)10-16(15)33-20(26)25-18(29)12-4-6-13(7-5-12)24-19(22)23;1-6(2,3)9-5(8)4-7;/h4-10,20H,11H2,1-3H3,(H,25,29)(H4,22,23,24);4H2,1-3H3;1H. The Balaban J connectivity index is 0.000000803. The molecule has 0 radical (unpaired) electrons. The Labute approximate surface area is 273 Å². The van der Waals surface area contributed by atoms with Crippen molar-refractivity contribution in [2.45, 2.75) is 63.1 Å². The van der Waals surface area contributed by atoms with Gasteiger partial charge in [-0.25, -0.2) is 0 Å². The normalized spacial score (nSPS) is 13.7. The summed E-state index contributed by atoms with van der Waals surface area (Å²) in [6, 6.07) is 10.7. The summed E-state index contributed by atoms with van der Waals surface area (Å²) >= 11 is 4.19. The maximum atomic E-state index is 12.9. The van der Waals surface area contributed by atoms with Crippen molar-refractivity contribution in [3.05, 3.63) is 58.1 Å². The monoisotopic (exact) mass is 746 g/mol. The summed E-state index contributed by atoms with van der Waals surface area (Å²) in [6.45, 7) is 10.6. The van der Waals surface area contributed by atoms with E-state index >= 15 is 0 Å². The number of nitrogens with two attached hydrogens (primary N) is 1. The van der Waals surface area contributed by atoms with E-state index in [1.54, 1.807) is 56.0 Å². The number of amides is 1. The lowest BCUT2D eigenvalue weighted by Gasteiger charge is -2.28. The summed E-state index contributed by atoms with van der Waals surface area (Å²) in [6.07, 6.45) is 0. The van der Waals surface area contributed by atoms with Crippen molar-refractivity contribution in [1.29, 1.82) is 5.41 Å². The Kier molecular flexibility index (Phi) is 13.9. The van der Waals surface area contributed by atoms with Gasteiger partial charge in [-0.15, -0.1) is 17.0 Å². The summed E-state index contributed by atoms with van der Waals surface area (Å²) in [5.74, 6) is -1.34. The minimum absolute atomic E-state index is 0. The maximum Gasteiger partial charge on any atom is 0.326 e. The molecule has 0 aromatic heterocycles. The molecule has 5 N–H and O–H groups in total. The number of esters is 2. The van der Waals surface area contributed by atoms with E-state index in [4.69, 9.17) is 20.6 Å². The fraction of sp³-hybridized carbons (Fsp3) is 0.407. The van der Waals surface area contributed by atoms with Gasteiger partial charge in [-0.05, 0) is 71.9 Å². The Morgan fingerprint density at radius 3 is 2.07 bits per heavy atom. The van der Waals surface area contributed by atoms with E-state index in [0.717, 1.165) is 0 Å². The molecule has 13 nitrogen and oxygen atoms in total. The predicted octanol–water partition coefficient (Wildman–Crippen LogP) is 5.17. The molecule has 1 heterocycles. The SMILES string of the molecule is Br.CC(C)(C)OC(=O)CBr.CC(C)(C)OC(=O)CN1c2ccc([N+](=O)[O-])cc2SC1NC(=O)c1ccc(NC(=N)N)cc1. The van der Waals surface area contributed by atoms with E-state index in [1.165, 1.54) is 23.9 Å². The van der Waals surface area contributed by atoms with Crippen molar-refractivity contribution in [2.24, 2.45) is 5.73 Å². The van der Waals surface area contributed by atoms with Gasteiger partial charge in [0, 0.05) is 28.3 Å². The summed E-state index contributed by atoms with van der Waals surface area (Å²) < 4.78 is 10.3. The first-order valence-corrected chi connectivity index (χ1v) is 14.6. The number of thioether (sulfide) groups is 1. The molecule has 0 spiro atoms. The number of hydrogen-bond acceptors (Lipinski definition) is 10. The van der Waals surface area contributed by atoms with E-state index in [-0.39, 0.29) is 52.1 Å². The highest BCUT2D eigenvalue weighted by molar-refractivity contribution is 9.09. The maximum absolute atomic E-state index is 12.9. The molecule has 2 aromatic carbocycles. The highest BCUT2D eigenvalue weighted by atomic mass is 79.9. The van der Waals surface area contributed by atoms with Crippen LogP contribution in [0.1, 0.15) is 51.9 Å². The zero-order chi connectivity index (χ0) is 31.8. The molecule has 1 amide bonds.